The molecule has 3 heterocycles. The smallest absolute Gasteiger partial charge is 0.230 e. The molecular weight excluding hydrogens is 266 g/mol. The average Bonchev–Trinajstić information content (AvgIpc) is 2.91. The van der Waals surface area contributed by atoms with Crippen molar-refractivity contribution in [1.82, 2.24) is 9.88 Å². The van der Waals surface area contributed by atoms with Crippen LogP contribution < -0.4 is 5.32 Å². The molecule has 0 bridgehead atoms. The highest BCUT2D eigenvalue weighted by atomic mass is 16.5. The van der Waals surface area contributed by atoms with Crippen molar-refractivity contribution in [1.29, 1.82) is 0 Å². The number of aromatic nitrogens is 1. The largest absolute Gasteiger partial charge is 0.380 e. The minimum absolute atomic E-state index is 0.0910. The lowest BCUT2D eigenvalue weighted by Gasteiger charge is -2.41. The van der Waals surface area contributed by atoms with Gasteiger partial charge in [-0.2, -0.15) is 0 Å². The van der Waals surface area contributed by atoms with Gasteiger partial charge in [0.2, 0.25) is 5.91 Å². The molecule has 0 aromatic carbocycles. The van der Waals surface area contributed by atoms with E-state index in [1.807, 2.05) is 12.3 Å². The van der Waals surface area contributed by atoms with Gasteiger partial charge >= 0.3 is 0 Å². The molecule has 21 heavy (non-hydrogen) atoms. The number of likely N-dealkylation sites (tertiary alicyclic amines) is 1. The quantitative estimate of drug-likeness (QED) is 0.919. The third-order valence-electron chi connectivity index (χ3n) is 4.40. The van der Waals surface area contributed by atoms with Crippen molar-refractivity contribution in [2.75, 3.05) is 31.6 Å². The van der Waals surface area contributed by atoms with Crippen LogP contribution in [0.4, 0.5) is 5.69 Å². The molecule has 2 aliphatic rings. The lowest BCUT2D eigenvalue weighted by Crippen LogP contribution is -2.56. The van der Waals surface area contributed by atoms with E-state index in [1.54, 1.807) is 6.20 Å². The molecule has 2 fully saturated rings. The van der Waals surface area contributed by atoms with Crippen LogP contribution in [0.3, 0.4) is 0 Å². The van der Waals surface area contributed by atoms with Crippen LogP contribution >= 0.6 is 0 Å². The van der Waals surface area contributed by atoms with E-state index in [0.717, 1.165) is 44.0 Å². The number of carbonyl (C=O) groups excluding carboxylic acids is 1. The van der Waals surface area contributed by atoms with Crippen molar-refractivity contribution < 1.29 is 9.53 Å². The van der Waals surface area contributed by atoms with Crippen molar-refractivity contribution in [2.45, 2.75) is 32.2 Å². The molecule has 1 amide bonds. The van der Waals surface area contributed by atoms with Crippen LogP contribution in [-0.2, 0) is 9.53 Å². The minimum atomic E-state index is 0.0910. The van der Waals surface area contributed by atoms with E-state index in [1.165, 1.54) is 0 Å². The fourth-order valence-corrected chi connectivity index (χ4v) is 2.87. The maximum absolute atomic E-state index is 12.2. The fraction of sp³-hybridized carbons (Fsp3) is 0.625. The van der Waals surface area contributed by atoms with Crippen molar-refractivity contribution in [2.24, 2.45) is 5.92 Å². The Bertz CT molecular complexity index is 506. The molecule has 2 aliphatic heterocycles. The van der Waals surface area contributed by atoms with Gasteiger partial charge in [-0.15, -0.1) is 0 Å². The molecule has 114 valence electrons. The molecule has 1 N–H and O–H groups in total. The van der Waals surface area contributed by atoms with E-state index in [9.17, 15) is 4.79 Å². The first-order chi connectivity index (χ1) is 10.1. The van der Waals surface area contributed by atoms with E-state index >= 15 is 0 Å². The zero-order valence-corrected chi connectivity index (χ0v) is 12.7. The van der Waals surface area contributed by atoms with Crippen LogP contribution in [0.1, 0.15) is 31.7 Å². The van der Waals surface area contributed by atoms with Crippen LogP contribution in [0.5, 0.6) is 0 Å². The molecular formula is C16H23N3O2. The topological polar surface area (TPSA) is 54.5 Å². The summed E-state index contributed by atoms with van der Waals surface area (Å²) < 4.78 is 5.39. The van der Waals surface area contributed by atoms with Crippen molar-refractivity contribution >= 4 is 11.6 Å². The van der Waals surface area contributed by atoms with Crippen LogP contribution in [0, 0.1) is 5.92 Å². The van der Waals surface area contributed by atoms with Crippen molar-refractivity contribution in [3.05, 3.63) is 24.0 Å². The highest BCUT2D eigenvalue weighted by Gasteiger charge is 2.37. The van der Waals surface area contributed by atoms with Crippen molar-refractivity contribution in [3.63, 3.8) is 0 Å². The monoisotopic (exact) mass is 289 g/mol. The third kappa shape index (κ3) is 3.24. The first kappa shape index (κ1) is 14.5. The first-order valence-electron chi connectivity index (χ1n) is 7.71. The lowest BCUT2D eigenvalue weighted by atomic mass is 9.96. The van der Waals surface area contributed by atoms with E-state index in [2.05, 4.69) is 29.0 Å². The standard InChI is InChI=1S/C16H23N3O2/c1-11(2)12-5-14(7-17-6-12)18-16(20)13-8-19(9-13)15-3-4-21-10-15/h5-7,11,13,15H,3-4,8-10H2,1-2H3,(H,18,20). The molecule has 1 unspecified atom stereocenters. The molecule has 2 saturated heterocycles. The Labute approximate surface area is 125 Å². The van der Waals surface area contributed by atoms with Gasteiger partial charge in [-0.1, -0.05) is 13.8 Å². The molecule has 0 saturated carbocycles. The molecule has 0 spiro atoms. The zero-order chi connectivity index (χ0) is 14.8. The van der Waals surface area contributed by atoms with E-state index in [-0.39, 0.29) is 11.8 Å². The Morgan fingerprint density at radius 1 is 1.43 bits per heavy atom. The van der Waals surface area contributed by atoms with E-state index in [4.69, 9.17) is 4.74 Å². The number of anilines is 1. The number of pyridine rings is 1. The molecule has 0 radical (unpaired) electrons. The Morgan fingerprint density at radius 2 is 2.24 bits per heavy atom. The van der Waals surface area contributed by atoms with Gasteiger partial charge < -0.3 is 10.1 Å². The molecule has 5 heteroatoms. The highest BCUT2D eigenvalue weighted by Crippen LogP contribution is 2.25. The summed E-state index contributed by atoms with van der Waals surface area (Å²) >= 11 is 0. The second-order valence-corrected chi connectivity index (χ2v) is 6.32. The predicted molar refractivity (Wildman–Crippen MR) is 81.2 cm³/mol. The maximum Gasteiger partial charge on any atom is 0.230 e. The summed E-state index contributed by atoms with van der Waals surface area (Å²) in [6.45, 7) is 7.60. The van der Waals surface area contributed by atoms with Gasteiger partial charge in [0, 0.05) is 31.9 Å². The fourth-order valence-electron chi connectivity index (χ4n) is 2.87. The number of rotatable bonds is 4. The maximum atomic E-state index is 12.2. The van der Waals surface area contributed by atoms with Gasteiger partial charge in [0.1, 0.15) is 0 Å². The Balaban J connectivity index is 1.52. The van der Waals surface area contributed by atoms with Crippen LogP contribution in [0.2, 0.25) is 0 Å². The zero-order valence-electron chi connectivity index (χ0n) is 12.7. The molecule has 0 aliphatic carbocycles. The number of carbonyl (C=O) groups is 1. The number of amides is 1. The van der Waals surface area contributed by atoms with E-state index < -0.39 is 0 Å². The van der Waals surface area contributed by atoms with E-state index in [0.29, 0.717) is 12.0 Å². The van der Waals surface area contributed by atoms with Gasteiger partial charge in [-0.05, 0) is 24.0 Å². The molecule has 3 rings (SSSR count). The molecule has 1 atom stereocenters. The number of hydrogen-bond donors (Lipinski definition) is 1. The number of nitrogens with one attached hydrogen (secondary N) is 1. The highest BCUT2D eigenvalue weighted by molar-refractivity contribution is 5.93. The summed E-state index contributed by atoms with van der Waals surface area (Å²) in [6, 6.07) is 2.52. The Hall–Kier alpha value is -1.46. The second-order valence-electron chi connectivity index (χ2n) is 6.32. The second kappa shape index (κ2) is 6.12. The van der Waals surface area contributed by atoms with Gasteiger partial charge in [0.05, 0.1) is 24.4 Å². The van der Waals surface area contributed by atoms with Gasteiger partial charge in [-0.25, -0.2) is 0 Å². The lowest BCUT2D eigenvalue weighted by molar-refractivity contribution is -0.126. The molecule has 1 aromatic rings. The van der Waals surface area contributed by atoms with Crippen LogP contribution in [0.15, 0.2) is 18.5 Å². The summed E-state index contributed by atoms with van der Waals surface area (Å²) in [4.78, 5) is 18.8. The molecule has 1 aromatic heterocycles. The number of ether oxygens (including phenoxy) is 1. The van der Waals surface area contributed by atoms with Gasteiger partial charge in [-0.3, -0.25) is 14.7 Å². The average molecular weight is 289 g/mol. The minimum Gasteiger partial charge on any atom is -0.380 e. The number of hydrogen-bond acceptors (Lipinski definition) is 4. The summed E-state index contributed by atoms with van der Waals surface area (Å²) in [5.41, 5.74) is 1.94. The summed E-state index contributed by atoms with van der Waals surface area (Å²) in [5.74, 6) is 0.608. The predicted octanol–water partition coefficient (Wildman–Crippen LogP) is 1.86. The summed E-state index contributed by atoms with van der Waals surface area (Å²) in [7, 11) is 0. The van der Waals surface area contributed by atoms with Crippen LogP contribution in [0.25, 0.3) is 0 Å². The van der Waals surface area contributed by atoms with Gasteiger partial charge in [0.25, 0.3) is 0 Å². The normalized spacial score (nSPS) is 23.3. The first-order valence-corrected chi connectivity index (χ1v) is 7.71. The van der Waals surface area contributed by atoms with Gasteiger partial charge in [0.15, 0.2) is 0 Å². The Kier molecular flexibility index (Phi) is 4.22. The van der Waals surface area contributed by atoms with Crippen LogP contribution in [-0.4, -0.2) is 48.1 Å². The summed E-state index contributed by atoms with van der Waals surface area (Å²) in [5, 5.41) is 2.99. The van der Waals surface area contributed by atoms with Crippen molar-refractivity contribution in [3.8, 4) is 0 Å². The Morgan fingerprint density at radius 3 is 2.90 bits per heavy atom. The number of nitrogens with zero attached hydrogens (tertiary/aromatic N) is 2. The SMILES string of the molecule is CC(C)c1cncc(NC(=O)C2CN(C3CCOC3)C2)c1. The third-order valence-corrected chi connectivity index (χ3v) is 4.40. The summed E-state index contributed by atoms with van der Waals surface area (Å²) in [6.07, 6.45) is 4.66. The molecule has 5 nitrogen and oxygen atoms in total.